The zero-order valence-corrected chi connectivity index (χ0v) is 40.2. The number of para-hydroxylation sites is 2. The van der Waals surface area contributed by atoms with E-state index in [1.807, 2.05) is 38.1 Å². The van der Waals surface area contributed by atoms with Crippen molar-refractivity contribution in [1.29, 1.82) is 0 Å². The largest absolute Gasteiger partial charge is 0.495 e. The van der Waals surface area contributed by atoms with Gasteiger partial charge in [-0.3, -0.25) is 9.59 Å². The summed E-state index contributed by atoms with van der Waals surface area (Å²) >= 11 is 1.64. The van der Waals surface area contributed by atoms with Crippen LogP contribution in [0.1, 0.15) is 108 Å². The highest BCUT2D eigenvalue weighted by Crippen LogP contribution is 2.63. The maximum Gasteiger partial charge on any atom is 0.306 e. The fourth-order valence-electron chi connectivity index (χ4n) is 12.0. The lowest BCUT2D eigenvalue weighted by atomic mass is 9.67. The number of ketones is 1. The molecule has 354 valence electrons. The van der Waals surface area contributed by atoms with Crippen LogP contribution in [0.5, 0.6) is 5.75 Å². The number of carbonyl (C=O) groups is 2. The predicted molar refractivity (Wildman–Crippen MR) is 242 cm³/mol. The van der Waals surface area contributed by atoms with E-state index in [1.165, 1.54) is 0 Å². The Hall–Kier alpha value is -2.99. The Morgan fingerprint density at radius 3 is 2.34 bits per heavy atom. The molecule has 8 rings (SSSR count). The SMILES string of the molecule is CC[C@H]1CCC[C@H](O[C@H]2CC[C@H](N(C)C)[C@@H](C)O2)[C@@H](C)C(=O)C2=C[C@@H]3C(c4nc(Nc5ccccc5OC)sc4C4C[C@@H](O[C@@H]5O[C@@H](C)[C@H](OC)[C@@H](OC)[C@H]5OC)C[C@H]43)[C@@H]2CC(=O)O1. The van der Waals surface area contributed by atoms with Gasteiger partial charge in [-0.25, -0.2) is 4.98 Å². The van der Waals surface area contributed by atoms with Gasteiger partial charge in [0.2, 0.25) is 0 Å². The number of likely N-dealkylation sites (N-methyl/N-ethyl adjacent to an activating group) is 1. The number of thiazole rings is 1. The molecule has 0 spiro atoms. The van der Waals surface area contributed by atoms with Gasteiger partial charge in [-0.2, -0.15) is 0 Å². The van der Waals surface area contributed by atoms with Crippen LogP contribution >= 0.6 is 11.3 Å². The van der Waals surface area contributed by atoms with Crippen molar-refractivity contribution in [1.82, 2.24) is 9.88 Å². The van der Waals surface area contributed by atoms with E-state index in [-0.39, 0.29) is 84.6 Å². The summed E-state index contributed by atoms with van der Waals surface area (Å²) in [5, 5.41) is 4.29. The van der Waals surface area contributed by atoms with Crippen LogP contribution in [0.4, 0.5) is 10.8 Å². The van der Waals surface area contributed by atoms with Crippen molar-refractivity contribution in [2.75, 3.05) is 47.9 Å². The second-order valence-corrected chi connectivity index (χ2v) is 20.1. The maximum absolute atomic E-state index is 15.3. The summed E-state index contributed by atoms with van der Waals surface area (Å²) in [4.78, 5) is 38.1. The molecule has 1 aromatic carbocycles. The summed E-state index contributed by atoms with van der Waals surface area (Å²) in [5.41, 5.74) is 2.43. The Labute approximate surface area is 383 Å². The predicted octanol–water partition coefficient (Wildman–Crippen LogP) is 7.77. The number of allylic oxidation sites excluding steroid dienone is 2. The highest BCUT2D eigenvalue weighted by molar-refractivity contribution is 7.15. The van der Waals surface area contributed by atoms with Gasteiger partial charge in [0.25, 0.3) is 0 Å². The van der Waals surface area contributed by atoms with Crippen LogP contribution in [-0.4, -0.2) is 132 Å². The number of nitrogens with zero attached hydrogens (tertiary/aromatic N) is 2. The van der Waals surface area contributed by atoms with Gasteiger partial charge >= 0.3 is 5.97 Å². The normalized spacial score (nSPS) is 39.1. The number of anilines is 2. The topological polar surface area (TPSA) is 145 Å². The van der Waals surface area contributed by atoms with E-state index in [2.05, 4.69) is 44.2 Å². The third-order valence-corrected chi connectivity index (χ3v) is 16.4. The average molecular weight is 910 g/mol. The summed E-state index contributed by atoms with van der Waals surface area (Å²) < 4.78 is 56.3. The molecule has 0 amide bonds. The minimum atomic E-state index is -0.677. The lowest BCUT2D eigenvalue weighted by Crippen LogP contribution is -2.59. The minimum Gasteiger partial charge on any atom is -0.495 e. The van der Waals surface area contributed by atoms with Crippen molar-refractivity contribution in [3.05, 3.63) is 46.5 Å². The van der Waals surface area contributed by atoms with Crippen molar-refractivity contribution in [3.8, 4) is 5.75 Å². The van der Waals surface area contributed by atoms with Gasteiger partial charge in [-0.1, -0.05) is 32.1 Å². The first-order valence-electron chi connectivity index (χ1n) is 23.6. The molecule has 3 aliphatic carbocycles. The van der Waals surface area contributed by atoms with Gasteiger partial charge in [-0.15, -0.1) is 11.3 Å². The molecule has 4 heterocycles. The quantitative estimate of drug-likeness (QED) is 0.207. The molecule has 0 bridgehead atoms. The smallest absolute Gasteiger partial charge is 0.306 e. The van der Waals surface area contributed by atoms with Crippen molar-refractivity contribution in [2.24, 2.45) is 23.7 Å². The minimum absolute atomic E-state index is 0.00102. The van der Waals surface area contributed by atoms with Crippen molar-refractivity contribution < 1.29 is 52.2 Å². The number of benzene rings is 1. The van der Waals surface area contributed by atoms with Crippen molar-refractivity contribution in [3.63, 3.8) is 0 Å². The zero-order chi connectivity index (χ0) is 45.4. The highest BCUT2D eigenvalue weighted by atomic mass is 32.1. The highest BCUT2D eigenvalue weighted by Gasteiger charge is 2.57. The molecular weight excluding hydrogens is 839 g/mol. The number of hydrogen-bond acceptors (Lipinski definition) is 15. The first-order valence-corrected chi connectivity index (χ1v) is 24.4. The van der Waals surface area contributed by atoms with Crippen LogP contribution in [0.2, 0.25) is 0 Å². The van der Waals surface area contributed by atoms with Gasteiger partial charge in [0, 0.05) is 55.9 Å². The lowest BCUT2D eigenvalue weighted by molar-refractivity contribution is -0.314. The molecule has 0 radical (unpaired) electrons. The molecule has 15 heteroatoms. The molecular formula is C49H71N3O11S. The van der Waals surface area contributed by atoms with Gasteiger partial charge < -0.3 is 52.8 Å². The van der Waals surface area contributed by atoms with Gasteiger partial charge in [0.1, 0.15) is 30.2 Å². The number of hydrogen-bond donors (Lipinski definition) is 1. The van der Waals surface area contributed by atoms with Gasteiger partial charge in [-0.05, 0) is 109 Å². The lowest BCUT2D eigenvalue weighted by Gasteiger charge is -2.44. The van der Waals surface area contributed by atoms with E-state index in [9.17, 15) is 4.79 Å². The molecule has 1 aromatic heterocycles. The first kappa shape index (κ1) is 47.5. The summed E-state index contributed by atoms with van der Waals surface area (Å²) in [6.07, 6.45) is 4.98. The Bertz CT molecular complexity index is 1960. The third-order valence-electron chi connectivity index (χ3n) is 15.2. The van der Waals surface area contributed by atoms with Crippen LogP contribution in [0.3, 0.4) is 0 Å². The first-order chi connectivity index (χ1) is 30.9. The number of nitrogens with one attached hydrogen (secondary N) is 1. The van der Waals surface area contributed by atoms with Gasteiger partial charge in [0.15, 0.2) is 23.5 Å². The molecule has 64 heavy (non-hydrogen) atoms. The Morgan fingerprint density at radius 2 is 1.64 bits per heavy atom. The van der Waals surface area contributed by atoms with E-state index >= 15 is 4.79 Å². The number of cyclic esters (lactones) is 1. The van der Waals surface area contributed by atoms with Crippen molar-refractivity contribution in [2.45, 2.75) is 165 Å². The molecule has 1 saturated carbocycles. The van der Waals surface area contributed by atoms with Crippen LogP contribution in [0.25, 0.3) is 0 Å². The summed E-state index contributed by atoms with van der Waals surface area (Å²) in [6.45, 7) is 8.15. The fraction of sp³-hybridized carbons (Fsp3) is 0.735. The Kier molecular flexibility index (Phi) is 15.2. The monoisotopic (exact) mass is 909 g/mol. The third kappa shape index (κ3) is 9.44. The standard InChI is InChI=1S/C49H71N3O11S/c1-11-28-15-14-18-37(63-40-20-19-36(52(5)6)26(3)59-40)25(2)43(54)33-23-31-30-21-29(62-48-46(58-10)45(57-9)44(56-8)27(4)60-48)22-34(30)47-42(41(31)32(33)24-39(53)61-28)51-49(64-47)50-35-16-12-13-17-38(35)55-7/h12-13,16-17,23,25-32,34,36-37,40-41,44-46,48H,11,14-15,18-22,24H2,1-10H3,(H,50,51)/t25-,26-,27+,28+,29+,30+,31+,32-,34?,36+,37+,40+,41?,44+,45-,46-,48+/m1/s1. The van der Waals surface area contributed by atoms with Crippen LogP contribution in [0.15, 0.2) is 35.9 Å². The zero-order valence-electron chi connectivity index (χ0n) is 39.4. The van der Waals surface area contributed by atoms with Crippen LogP contribution in [-0.2, 0) is 47.5 Å². The number of fused-ring (bicyclic) bond motifs is 8. The molecule has 2 unspecified atom stereocenters. The van der Waals surface area contributed by atoms with E-state index in [0.29, 0.717) is 36.6 Å². The molecule has 2 aromatic rings. The Balaban J connectivity index is 1.14. The van der Waals surface area contributed by atoms with Gasteiger partial charge in [0.05, 0.1) is 49.3 Å². The molecule has 14 nitrogen and oxygen atoms in total. The fourth-order valence-corrected chi connectivity index (χ4v) is 13.2. The number of ether oxygens (including phenoxy) is 9. The molecule has 3 aliphatic heterocycles. The molecule has 4 fully saturated rings. The van der Waals surface area contributed by atoms with Crippen molar-refractivity contribution >= 4 is 33.9 Å². The number of carbonyl (C=O) groups excluding carboxylic acids is 2. The molecule has 1 N–H and O–H groups in total. The number of aromatic nitrogens is 1. The number of esters is 1. The van der Waals surface area contributed by atoms with Crippen LogP contribution < -0.4 is 10.1 Å². The maximum atomic E-state index is 15.3. The second kappa shape index (κ2) is 20.5. The summed E-state index contributed by atoms with van der Waals surface area (Å²) in [6, 6.07) is 8.10. The number of methoxy groups -OCH3 is 4. The number of Topliss-reactive ketones (excluding diaryl/α,β-unsaturated/α-hetero) is 1. The van der Waals surface area contributed by atoms with E-state index in [0.717, 1.165) is 53.5 Å². The van der Waals surface area contributed by atoms with E-state index < -0.39 is 30.5 Å². The Morgan fingerprint density at radius 1 is 0.875 bits per heavy atom. The molecule has 6 aliphatic rings. The van der Waals surface area contributed by atoms with E-state index in [1.54, 1.807) is 39.8 Å². The summed E-state index contributed by atoms with van der Waals surface area (Å²) in [7, 11) is 10.8. The summed E-state index contributed by atoms with van der Waals surface area (Å²) in [5.74, 6) is -0.499. The molecule has 17 atom stereocenters. The van der Waals surface area contributed by atoms with Crippen LogP contribution in [0, 0.1) is 23.7 Å². The second-order valence-electron chi connectivity index (χ2n) is 19.1. The average Bonchev–Trinajstić information content (AvgIpc) is 4.00. The van der Waals surface area contributed by atoms with E-state index in [4.69, 9.17) is 47.6 Å². The molecule has 3 saturated heterocycles. The number of rotatable bonds is 12.